The molecule has 0 aromatic rings. The molecule has 4 nitrogen and oxygen atoms in total. The molecule has 0 aromatic heterocycles. The van der Waals surface area contributed by atoms with Crippen LogP contribution in [0.15, 0.2) is 11.5 Å². The van der Waals surface area contributed by atoms with Crippen molar-refractivity contribution in [3.63, 3.8) is 0 Å². The highest BCUT2D eigenvalue weighted by atomic mass is 16.6. The lowest BCUT2D eigenvalue weighted by atomic mass is 10.4. The Labute approximate surface area is 60.1 Å². The predicted octanol–water partition coefficient (Wildman–Crippen LogP) is 0.0277. The van der Waals surface area contributed by atoms with Crippen molar-refractivity contribution < 1.29 is 9.57 Å². The molecule has 1 rings (SSSR count). The van der Waals surface area contributed by atoms with E-state index in [4.69, 9.17) is 10.6 Å². The number of hydrogen-bond donors (Lipinski definition) is 1. The van der Waals surface area contributed by atoms with Crippen LogP contribution >= 0.6 is 0 Å². The maximum Gasteiger partial charge on any atom is 0.160 e. The summed E-state index contributed by atoms with van der Waals surface area (Å²) in [5.74, 6) is 5.81. The molecule has 0 atom stereocenters. The Morgan fingerprint density at radius 2 is 2.50 bits per heavy atom. The quantitative estimate of drug-likeness (QED) is 0.555. The molecular weight excluding hydrogens is 132 g/mol. The summed E-state index contributed by atoms with van der Waals surface area (Å²) in [5, 5.41) is 0. The summed E-state index contributed by atoms with van der Waals surface area (Å²) in [7, 11) is 1.94. The summed E-state index contributed by atoms with van der Waals surface area (Å²) in [5.41, 5.74) is 1.02. The Balaban J connectivity index is 2.59. The molecule has 0 aromatic carbocycles. The van der Waals surface area contributed by atoms with Crippen LogP contribution < -0.4 is 5.90 Å². The van der Waals surface area contributed by atoms with Crippen molar-refractivity contribution in [2.75, 3.05) is 20.4 Å². The summed E-state index contributed by atoms with van der Waals surface area (Å²) in [6, 6.07) is 0. The Morgan fingerprint density at radius 1 is 1.80 bits per heavy atom. The Kier molecular flexibility index (Phi) is 2.13. The van der Waals surface area contributed by atoms with Gasteiger partial charge in [0.1, 0.15) is 12.4 Å². The second kappa shape index (κ2) is 2.90. The third-order valence-corrected chi connectivity index (χ3v) is 1.56. The maximum absolute atomic E-state index is 5.20. The first-order valence-electron chi connectivity index (χ1n) is 3.11. The molecule has 0 aliphatic carbocycles. The lowest BCUT2D eigenvalue weighted by Crippen LogP contribution is -2.18. The minimum atomic E-state index is 0.419. The number of allylic oxidation sites excluding steroid dienone is 1. The molecule has 4 heteroatoms. The van der Waals surface area contributed by atoms with Crippen LogP contribution in [-0.4, -0.2) is 25.3 Å². The number of ether oxygens (including phenoxy) is 1. The van der Waals surface area contributed by atoms with E-state index in [1.54, 1.807) is 0 Å². The van der Waals surface area contributed by atoms with Gasteiger partial charge in [-0.2, -0.15) is 0 Å². The third-order valence-electron chi connectivity index (χ3n) is 1.56. The molecule has 0 fully saturated rings. The molecule has 0 bridgehead atoms. The van der Waals surface area contributed by atoms with Crippen molar-refractivity contribution in [3.05, 3.63) is 11.5 Å². The van der Waals surface area contributed by atoms with Crippen molar-refractivity contribution in [2.45, 2.75) is 6.92 Å². The fourth-order valence-corrected chi connectivity index (χ4v) is 0.914. The van der Waals surface area contributed by atoms with E-state index in [0.29, 0.717) is 13.3 Å². The van der Waals surface area contributed by atoms with Crippen LogP contribution in [0.2, 0.25) is 0 Å². The lowest BCUT2D eigenvalue weighted by molar-refractivity contribution is 0.133. The van der Waals surface area contributed by atoms with Gasteiger partial charge in [0.15, 0.2) is 6.73 Å². The monoisotopic (exact) mass is 144 g/mol. The minimum absolute atomic E-state index is 0.419. The average molecular weight is 144 g/mol. The fourth-order valence-electron chi connectivity index (χ4n) is 0.914. The van der Waals surface area contributed by atoms with Crippen LogP contribution in [0.1, 0.15) is 6.92 Å². The number of hydrogen-bond acceptors (Lipinski definition) is 4. The molecule has 1 aliphatic heterocycles. The van der Waals surface area contributed by atoms with E-state index in [1.165, 1.54) is 0 Å². The van der Waals surface area contributed by atoms with Crippen LogP contribution in [-0.2, 0) is 9.57 Å². The van der Waals surface area contributed by atoms with Gasteiger partial charge in [-0.25, -0.2) is 5.90 Å². The van der Waals surface area contributed by atoms with Crippen molar-refractivity contribution in [2.24, 2.45) is 5.90 Å². The predicted molar refractivity (Wildman–Crippen MR) is 36.6 cm³/mol. The van der Waals surface area contributed by atoms with E-state index >= 15 is 0 Å². The van der Waals surface area contributed by atoms with Gasteiger partial charge in [-0.1, -0.05) is 0 Å². The Hall–Kier alpha value is -0.740. The van der Waals surface area contributed by atoms with Gasteiger partial charge in [-0.3, -0.25) is 4.84 Å². The van der Waals surface area contributed by atoms with Crippen molar-refractivity contribution >= 4 is 0 Å². The Morgan fingerprint density at radius 3 is 2.90 bits per heavy atom. The zero-order valence-corrected chi connectivity index (χ0v) is 6.26. The standard InChI is InChI=1S/C6H12N2O2/c1-5-6(3-10-7)8(2)4-9-5/h3-4,7H2,1-2H3. The summed E-state index contributed by atoms with van der Waals surface area (Å²) in [6.07, 6.45) is 0. The van der Waals surface area contributed by atoms with E-state index in [1.807, 2.05) is 18.9 Å². The molecule has 0 spiro atoms. The topological polar surface area (TPSA) is 47.7 Å². The highest BCUT2D eigenvalue weighted by Gasteiger charge is 2.16. The lowest BCUT2D eigenvalue weighted by Gasteiger charge is -2.11. The smallest absolute Gasteiger partial charge is 0.160 e. The highest BCUT2D eigenvalue weighted by molar-refractivity contribution is 5.08. The van der Waals surface area contributed by atoms with Crippen molar-refractivity contribution in [1.82, 2.24) is 4.90 Å². The fraction of sp³-hybridized carbons (Fsp3) is 0.667. The summed E-state index contributed by atoms with van der Waals surface area (Å²) in [6.45, 7) is 2.92. The van der Waals surface area contributed by atoms with Crippen LogP contribution in [0.4, 0.5) is 0 Å². The molecule has 0 amide bonds. The normalized spacial score (nSPS) is 18.1. The van der Waals surface area contributed by atoms with Gasteiger partial charge >= 0.3 is 0 Å². The van der Waals surface area contributed by atoms with Gasteiger partial charge in [0, 0.05) is 7.05 Å². The molecule has 0 radical (unpaired) electrons. The first kappa shape index (κ1) is 7.37. The van der Waals surface area contributed by atoms with Crippen LogP contribution in [0.3, 0.4) is 0 Å². The highest BCUT2D eigenvalue weighted by Crippen LogP contribution is 2.16. The Bertz CT molecular complexity index is 156. The molecule has 2 N–H and O–H groups in total. The molecule has 1 heterocycles. The van der Waals surface area contributed by atoms with Gasteiger partial charge in [0.2, 0.25) is 0 Å². The number of likely N-dealkylation sites (N-methyl/N-ethyl adjacent to an activating group) is 1. The van der Waals surface area contributed by atoms with Gasteiger partial charge in [-0.15, -0.1) is 0 Å². The van der Waals surface area contributed by atoms with E-state index in [2.05, 4.69) is 4.84 Å². The molecular formula is C6H12N2O2. The zero-order chi connectivity index (χ0) is 7.56. The van der Waals surface area contributed by atoms with E-state index < -0.39 is 0 Å². The number of nitrogens with zero attached hydrogens (tertiary/aromatic N) is 1. The van der Waals surface area contributed by atoms with E-state index in [0.717, 1.165) is 11.5 Å². The molecule has 0 unspecified atom stereocenters. The van der Waals surface area contributed by atoms with Crippen LogP contribution in [0, 0.1) is 0 Å². The maximum atomic E-state index is 5.20. The van der Waals surface area contributed by atoms with Gasteiger partial charge in [-0.05, 0) is 6.92 Å². The van der Waals surface area contributed by atoms with Gasteiger partial charge in [0.25, 0.3) is 0 Å². The third kappa shape index (κ3) is 1.22. The van der Waals surface area contributed by atoms with E-state index in [-0.39, 0.29) is 0 Å². The molecule has 0 saturated heterocycles. The summed E-state index contributed by atoms with van der Waals surface area (Å²) >= 11 is 0. The zero-order valence-electron chi connectivity index (χ0n) is 6.26. The largest absolute Gasteiger partial charge is 0.476 e. The molecule has 10 heavy (non-hydrogen) atoms. The van der Waals surface area contributed by atoms with Crippen molar-refractivity contribution in [1.29, 1.82) is 0 Å². The number of nitrogens with two attached hydrogens (primary N) is 1. The number of rotatable bonds is 2. The van der Waals surface area contributed by atoms with Crippen LogP contribution in [0.5, 0.6) is 0 Å². The average Bonchev–Trinajstić information content (AvgIpc) is 2.20. The van der Waals surface area contributed by atoms with Crippen LogP contribution in [0.25, 0.3) is 0 Å². The van der Waals surface area contributed by atoms with Gasteiger partial charge in [0.05, 0.1) is 5.70 Å². The molecule has 0 saturated carbocycles. The first-order valence-corrected chi connectivity index (χ1v) is 3.11. The van der Waals surface area contributed by atoms with Crippen molar-refractivity contribution in [3.8, 4) is 0 Å². The second-order valence-corrected chi connectivity index (χ2v) is 2.29. The van der Waals surface area contributed by atoms with Gasteiger partial charge < -0.3 is 9.64 Å². The minimum Gasteiger partial charge on any atom is -0.476 e. The second-order valence-electron chi connectivity index (χ2n) is 2.29. The molecule has 1 aliphatic rings. The summed E-state index contributed by atoms with van der Waals surface area (Å²) < 4.78 is 5.20. The van der Waals surface area contributed by atoms with E-state index in [9.17, 15) is 0 Å². The first-order chi connectivity index (χ1) is 4.75. The summed E-state index contributed by atoms with van der Waals surface area (Å²) in [4.78, 5) is 6.45. The molecule has 58 valence electrons. The SMILES string of the molecule is CC1=C(CON)N(C)CO1.